The molecule has 1 atom stereocenters. The van der Waals surface area contributed by atoms with Crippen molar-refractivity contribution in [1.29, 1.82) is 5.26 Å². The zero-order valence-electron chi connectivity index (χ0n) is 9.10. The average molecular weight is 279 g/mol. The van der Waals surface area contributed by atoms with Crippen molar-refractivity contribution in [1.82, 2.24) is 0 Å². The second kappa shape index (κ2) is 4.59. The van der Waals surface area contributed by atoms with E-state index < -0.39 is 27.5 Å². The summed E-state index contributed by atoms with van der Waals surface area (Å²) in [6.07, 6.45) is -4.74. The lowest BCUT2D eigenvalue weighted by Crippen LogP contribution is -2.45. The van der Waals surface area contributed by atoms with Crippen LogP contribution in [0.4, 0.5) is 13.2 Å². The Balaban J connectivity index is 3.49. The number of hydrogen-bond acceptors (Lipinski definition) is 4. The van der Waals surface area contributed by atoms with E-state index in [1.54, 1.807) is 0 Å². The van der Waals surface area contributed by atoms with Gasteiger partial charge in [0.2, 0.25) is 0 Å². The van der Waals surface area contributed by atoms with E-state index in [1.165, 1.54) is 18.2 Å². The summed E-state index contributed by atoms with van der Waals surface area (Å²) in [5.41, 5.74) is -4.12. The molecule has 4 nitrogen and oxygen atoms in total. The van der Waals surface area contributed by atoms with Crippen LogP contribution in [0.1, 0.15) is 5.56 Å². The summed E-state index contributed by atoms with van der Waals surface area (Å²) in [4.78, 5) is 0. The van der Waals surface area contributed by atoms with Crippen LogP contribution in [0.2, 0.25) is 0 Å². The van der Waals surface area contributed by atoms with Gasteiger partial charge in [0.25, 0.3) is 15.7 Å². The van der Waals surface area contributed by atoms with Gasteiger partial charge in [-0.1, -0.05) is 30.3 Å². The van der Waals surface area contributed by atoms with Gasteiger partial charge in [0.15, 0.2) is 0 Å². The van der Waals surface area contributed by atoms with Crippen molar-refractivity contribution in [2.24, 2.45) is 0 Å². The summed E-state index contributed by atoms with van der Waals surface area (Å²) in [5.74, 6) is 0. The van der Waals surface area contributed by atoms with Gasteiger partial charge in [-0.2, -0.15) is 26.9 Å². The molecule has 0 heterocycles. The second-order valence-corrected chi connectivity index (χ2v) is 5.02. The van der Waals surface area contributed by atoms with Crippen molar-refractivity contribution in [3.63, 3.8) is 0 Å². The smallest absolute Gasteiger partial charge is 0.233 e. The van der Waals surface area contributed by atoms with Gasteiger partial charge in [0.05, 0.1) is 6.26 Å². The topological polar surface area (TPSA) is 67.2 Å². The van der Waals surface area contributed by atoms with E-state index in [2.05, 4.69) is 4.18 Å². The molecule has 0 N–H and O–H groups in total. The van der Waals surface area contributed by atoms with Gasteiger partial charge in [-0.05, 0) is 0 Å². The molecule has 1 unspecified atom stereocenters. The molecule has 0 aliphatic carbocycles. The molecule has 1 aromatic carbocycles. The summed E-state index contributed by atoms with van der Waals surface area (Å²) in [6.45, 7) is 0. The van der Waals surface area contributed by atoms with E-state index in [0.717, 1.165) is 18.2 Å². The molecule has 0 aromatic heterocycles. The van der Waals surface area contributed by atoms with Crippen molar-refractivity contribution in [3.05, 3.63) is 35.9 Å². The van der Waals surface area contributed by atoms with Crippen LogP contribution in [0.3, 0.4) is 0 Å². The predicted molar refractivity (Wildman–Crippen MR) is 55.7 cm³/mol. The van der Waals surface area contributed by atoms with Crippen LogP contribution in [0, 0.1) is 11.3 Å². The monoisotopic (exact) mass is 279 g/mol. The number of hydrogen-bond donors (Lipinski definition) is 0. The van der Waals surface area contributed by atoms with Crippen LogP contribution in [0.5, 0.6) is 0 Å². The highest BCUT2D eigenvalue weighted by molar-refractivity contribution is 7.86. The van der Waals surface area contributed by atoms with Gasteiger partial charge in [-0.25, -0.2) is 4.18 Å². The first-order valence-electron chi connectivity index (χ1n) is 4.56. The lowest BCUT2D eigenvalue weighted by Gasteiger charge is -2.27. The minimum atomic E-state index is -5.19. The molecule has 8 heteroatoms. The van der Waals surface area contributed by atoms with E-state index in [1.807, 2.05) is 0 Å². The van der Waals surface area contributed by atoms with E-state index in [-0.39, 0.29) is 0 Å². The van der Waals surface area contributed by atoms with E-state index >= 15 is 0 Å². The molecule has 18 heavy (non-hydrogen) atoms. The van der Waals surface area contributed by atoms with Crippen LogP contribution in [-0.4, -0.2) is 20.8 Å². The summed E-state index contributed by atoms with van der Waals surface area (Å²) < 4.78 is 64.9. The number of alkyl halides is 3. The number of rotatable bonds is 3. The molecular weight excluding hydrogens is 271 g/mol. The van der Waals surface area contributed by atoms with Crippen molar-refractivity contribution in [2.45, 2.75) is 11.8 Å². The molecular formula is C10H8F3NO3S. The molecule has 0 saturated carbocycles. The predicted octanol–water partition coefficient (Wildman–Crippen LogP) is 1.94. The van der Waals surface area contributed by atoms with Gasteiger partial charge in [0.1, 0.15) is 6.07 Å². The first-order valence-corrected chi connectivity index (χ1v) is 6.38. The quantitative estimate of drug-likeness (QED) is 0.793. The Morgan fingerprint density at radius 3 is 2.06 bits per heavy atom. The summed E-state index contributed by atoms with van der Waals surface area (Å²) in [7, 11) is -4.47. The Kier molecular flexibility index (Phi) is 3.69. The third-order valence-corrected chi connectivity index (χ3v) is 2.57. The molecule has 1 aromatic rings. The first-order chi connectivity index (χ1) is 8.12. The Morgan fingerprint density at radius 2 is 1.72 bits per heavy atom. The second-order valence-electron chi connectivity index (χ2n) is 3.44. The molecule has 0 fully saturated rings. The summed E-state index contributed by atoms with van der Waals surface area (Å²) in [6, 6.07) is 6.78. The molecule has 0 aliphatic rings. The minimum Gasteiger partial charge on any atom is -0.233 e. The van der Waals surface area contributed by atoms with Crippen molar-refractivity contribution in [3.8, 4) is 6.07 Å². The fourth-order valence-electron chi connectivity index (χ4n) is 1.31. The van der Waals surface area contributed by atoms with Crippen molar-refractivity contribution >= 4 is 10.1 Å². The number of nitrogens with zero attached hydrogens (tertiary/aromatic N) is 1. The summed E-state index contributed by atoms with van der Waals surface area (Å²) in [5, 5.41) is 8.77. The highest BCUT2D eigenvalue weighted by Gasteiger charge is 2.60. The fourth-order valence-corrected chi connectivity index (χ4v) is 1.99. The maximum absolute atomic E-state index is 13.0. The minimum absolute atomic E-state index is 0.452. The Morgan fingerprint density at radius 1 is 1.22 bits per heavy atom. The van der Waals surface area contributed by atoms with Crippen LogP contribution < -0.4 is 0 Å². The lowest BCUT2D eigenvalue weighted by atomic mass is 9.95. The Labute approximate surface area is 102 Å². The van der Waals surface area contributed by atoms with E-state index in [9.17, 15) is 21.6 Å². The molecule has 0 aliphatic heterocycles. The average Bonchev–Trinajstić information content (AvgIpc) is 2.24. The number of halogens is 3. The van der Waals surface area contributed by atoms with E-state index in [0.29, 0.717) is 6.26 Å². The number of benzene rings is 1. The van der Waals surface area contributed by atoms with Crippen LogP contribution in [0.15, 0.2) is 30.3 Å². The standard InChI is InChI=1S/C10H8F3NO3S/c1-18(15,16)17-9(7-14,10(11,12)13)8-5-3-2-4-6-8/h2-6H,1H3. The highest BCUT2D eigenvalue weighted by Crippen LogP contribution is 2.42. The largest absolute Gasteiger partial charge is 0.436 e. The van der Waals surface area contributed by atoms with Gasteiger partial charge in [0, 0.05) is 5.56 Å². The van der Waals surface area contributed by atoms with Crippen molar-refractivity contribution in [2.75, 3.05) is 6.26 Å². The van der Waals surface area contributed by atoms with Crippen LogP contribution in [-0.2, 0) is 19.9 Å². The first kappa shape index (κ1) is 14.5. The van der Waals surface area contributed by atoms with Crippen LogP contribution >= 0.6 is 0 Å². The zero-order chi connectivity index (χ0) is 14.0. The molecule has 0 amide bonds. The summed E-state index contributed by atoms with van der Waals surface area (Å²) >= 11 is 0. The van der Waals surface area contributed by atoms with E-state index in [4.69, 9.17) is 5.26 Å². The molecule has 0 saturated heterocycles. The van der Waals surface area contributed by atoms with Crippen LogP contribution in [0.25, 0.3) is 0 Å². The Hall–Kier alpha value is -1.59. The maximum Gasteiger partial charge on any atom is 0.436 e. The zero-order valence-corrected chi connectivity index (χ0v) is 9.92. The molecule has 0 bridgehead atoms. The molecule has 0 spiro atoms. The molecule has 98 valence electrons. The third-order valence-electron chi connectivity index (χ3n) is 2.01. The fraction of sp³-hybridized carbons (Fsp3) is 0.300. The van der Waals surface area contributed by atoms with Crippen molar-refractivity contribution < 1.29 is 25.8 Å². The van der Waals surface area contributed by atoms with Gasteiger partial charge < -0.3 is 0 Å². The molecule has 1 rings (SSSR count). The van der Waals surface area contributed by atoms with Gasteiger partial charge >= 0.3 is 6.18 Å². The lowest BCUT2D eigenvalue weighted by molar-refractivity contribution is -0.229. The highest BCUT2D eigenvalue weighted by atomic mass is 32.2. The molecule has 0 radical (unpaired) electrons. The normalized spacial score (nSPS) is 15.7. The third kappa shape index (κ3) is 2.80. The maximum atomic E-state index is 13.0. The Bertz CT molecular complexity index is 562. The van der Waals surface area contributed by atoms with Gasteiger partial charge in [-0.15, -0.1) is 0 Å². The van der Waals surface area contributed by atoms with Gasteiger partial charge in [-0.3, -0.25) is 0 Å². The number of nitriles is 1. The SMILES string of the molecule is CS(=O)(=O)OC(C#N)(c1ccccc1)C(F)(F)F.